The van der Waals surface area contributed by atoms with Crippen LogP contribution in [-0.4, -0.2) is 39.9 Å². The van der Waals surface area contributed by atoms with E-state index in [4.69, 9.17) is 5.73 Å². The Morgan fingerprint density at radius 2 is 1.83 bits per heavy atom. The molecule has 3 heterocycles. The number of benzene rings is 1. The van der Waals surface area contributed by atoms with Crippen LogP contribution in [0.25, 0.3) is 10.8 Å². The fourth-order valence-electron chi connectivity index (χ4n) is 3.34. The van der Waals surface area contributed by atoms with Crippen molar-refractivity contribution in [3.63, 3.8) is 0 Å². The zero-order chi connectivity index (χ0) is 20.2. The van der Waals surface area contributed by atoms with Crippen LogP contribution < -0.4 is 16.0 Å². The molecule has 2 aromatic heterocycles. The van der Waals surface area contributed by atoms with Crippen molar-refractivity contribution in [2.24, 2.45) is 11.7 Å². The summed E-state index contributed by atoms with van der Waals surface area (Å²) < 4.78 is 0. The molecule has 0 aliphatic carbocycles. The fourth-order valence-corrected chi connectivity index (χ4v) is 4.08. The number of nitrogens with zero attached hydrogens (tertiary/aromatic N) is 4. The molecular weight excluding hydrogens is 388 g/mol. The highest BCUT2D eigenvalue weighted by Gasteiger charge is 2.25. The summed E-state index contributed by atoms with van der Waals surface area (Å²) in [6.45, 7) is 1.43. The normalized spacial score (nSPS) is 14.6. The molecule has 8 nitrogen and oxygen atoms in total. The van der Waals surface area contributed by atoms with Crippen molar-refractivity contribution in [3.8, 4) is 10.8 Å². The second-order valence-corrected chi connectivity index (χ2v) is 7.60. The van der Waals surface area contributed by atoms with E-state index in [9.17, 15) is 9.59 Å². The van der Waals surface area contributed by atoms with Gasteiger partial charge in [-0.05, 0) is 31.0 Å². The minimum atomic E-state index is -0.289. The molecule has 0 atom stereocenters. The van der Waals surface area contributed by atoms with Gasteiger partial charge in [0, 0.05) is 36.8 Å². The number of rotatable bonds is 5. The summed E-state index contributed by atoms with van der Waals surface area (Å²) in [5, 5.41) is 5.25. The molecule has 4 rings (SSSR count). The lowest BCUT2D eigenvalue weighted by molar-refractivity contribution is -0.122. The Kier molecular flexibility index (Phi) is 5.48. The predicted molar refractivity (Wildman–Crippen MR) is 112 cm³/mol. The maximum absolute atomic E-state index is 12.7. The van der Waals surface area contributed by atoms with Gasteiger partial charge in [0.05, 0.1) is 11.4 Å². The Morgan fingerprint density at radius 3 is 2.55 bits per heavy atom. The van der Waals surface area contributed by atoms with Crippen LogP contribution in [0, 0.1) is 5.92 Å². The van der Waals surface area contributed by atoms with E-state index in [1.54, 1.807) is 23.8 Å². The molecule has 1 aliphatic rings. The Balaban J connectivity index is 1.48. The number of aromatic nitrogens is 3. The number of para-hydroxylation sites is 2. The molecule has 3 N–H and O–H groups in total. The van der Waals surface area contributed by atoms with Gasteiger partial charge in [-0.25, -0.2) is 15.0 Å². The highest BCUT2D eigenvalue weighted by Crippen LogP contribution is 2.30. The molecule has 9 heteroatoms. The minimum absolute atomic E-state index is 0.0818. The number of nitrogens with two attached hydrogens (primary N) is 1. The zero-order valence-corrected chi connectivity index (χ0v) is 16.4. The van der Waals surface area contributed by atoms with Gasteiger partial charge in [-0.3, -0.25) is 9.59 Å². The Hall–Kier alpha value is -3.33. The van der Waals surface area contributed by atoms with Crippen LogP contribution in [0.15, 0.2) is 48.1 Å². The minimum Gasteiger partial charge on any atom is -0.370 e. The lowest BCUT2D eigenvalue weighted by Crippen LogP contribution is -2.38. The molecule has 0 unspecified atom stereocenters. The number of piperidine rings is 1. The average Bonchev–Trinajstić information content (AvgIpc) is 3.25. The van der Waals surface area contributed by atoms with Gasteiger partial charge in [-0.2, -0.15) is 0 Å². The van der Waals surface area contributed by atoms with Gasteiger partial charge in [0.25, 0.3) is 5.91 Å². The number of nitrogens with one attached hydrogen (secondary N) is 1. The van der Waals surface area contributed by atoms with E-state index >= 15 is 0 Å². The number of amides is 2. The van der Waals surface area contributed by atoms with Crippen molar-refractivity contribution < 1.29 is 9.59 Å². The smallest absolute Gasteiger partial charge is 0.275 e. The molecular formula is C20H20N6O2S. The monoisotopic (exact) mass is 408 g/mol. The third kappa shape index (κ3) is 4.24. The number of carbonyl (C=O) groups is 2. The summed E-state index contributed by atoms with van der Waals surface area (Å²) in [6.07, 6.45) is 4.70. The van der Waals surface area contributed by atoms with Crippen molar-refractivity contribution >= 4 is 34.5 Å². The molecule has 1 saturated heterocycles. The molecule has 148 valence electrons. The van der Waals surface area contributed by atoms with Crippen LogP contribution in [0.1, 0.15) is 23.3 Å². The van der Waals surface area contributed by atoms with Crippen molar-refractivity contribution in [2.45, 2.75) is 12.8 Å². The van der Waals surface area contributed by atoms with Gasteiger partial charge in [0.15, 0.2) is 10.8 Å². The quantitative estimate of drug-likeness (QED) is 0.671. The first-order chi connectivity index (χ1) is 14.1. The number of hydrogen-bond donors (Lipinski definition) is 2. The van der Waals surface area contributed by atoms with Crippen LogP contribution in [-0.2, 0) is 4.79 Å². The predicted octanol–water partition coefficient (Wildman–Crippen LogP) is 2.55. The lowest BCUT2D eigenvalue weighted by Gasteiger charge is -2.33. The number of hydrogen-bond acceptors (Lipinski definition) is 7. The van der Waals surface area contributed by atoms with E-state index in [1.165, 1.54) is 11.3 Å². The average molecular weight is 408 g/mol. The first-order valence-electron chi connectivity index (χ1n) is 9.29. The van der Waals surface area contributed by atoms with Crippen molar-refractivity contribution in [1.82, 2.24) is 15.0 Å². The molecule has 2 amide bonds. The summed E-state index contributed by atoms with van der Waals surface area (Å²) in [7, 11) is 0. The first-order valence-corrected chi connectivity index (χ1v) is 10.2. The van der Waals surface area contributed by atoms with Gasteiger partial charge in [0.2, 0.25) is 5.91 Å². The number of anilines is 2. The second-order valence-electron chi connectivity index (χ2n) is 6.75. The van der Waals surface area contributed by atoms with Gasteiger partial charge < -0.3 is 16.0 Å². The fraction of sp³-hybridized carbons (Fsp3) is 0.250. The number of primary amides is 1. The number of thiazole rings is 1. The van der Waals surface area contributed by atoms with E-state index < -0.39 is 0 Å². The Bertz CT molecular complexity index is 1010. The summed E-state index contributed by atoms with van der Waals surface area (Å²) >= 11 is 1.33. The molecule has 1 aromatic carbocycles. The zero-order valence-electron chi connectivity index (χ0n) is 15.6. The van der Waals surface area contributed by atoms with Gasteiger partial charge in [-0.15, -0.1) is 11.3 Å². The van der Waals surface area contributed by atoms with Gasteiger partial charge in [-0.1, -0.05) is 12.1 Å². The molecule has 0 radical (unpaired) electrons. The topological polar surface area (TPSA) is 114 Å². The summed E-state index contributed by atoms with van der Waals surface area (Å²) in [4.78, 5) is 39.0. The van der Waals surface area contributed by atoms with E-state index in [0.717, 1.165) is 5.69 Å². The lowest BCUT2D eigenvalue weighted by atomic mass is 9.96. The molecule has 29 heavy (non-hydrogen) atoms. The van der Waals surface area contributed by atoms with Crippen LogP contribution in [0.3, 0.4) is 0 Å². The van der Waals surface area contributed by atoms with Crippen molar-refractivity contribution in [3.05, 3.63) is 53.8 Å². The van der Waals surface area contributed by atoms with E-state index in [2.05, 4.69) is 25.2 Å². The second kappa shape index (κ2) is 8.36. The first kappa shape index (κ1) is 19.0. The highest BCUT2D eigenvalue weighted by atomic mass is 32.1. The highest BCUT2D eigenvalue weighted by molar-refractivity contribution is 7.13. The van der Waals surface area contributed by atoms with Crippen LogP contribution in [0.5, 0.6) is 0 Å². The maximum atomic E-state index is 12.7. The van der Waals surface area contributed by atoms with Gasteiger partial charge in [0.1, 0.15) is 5.69 Å². The Morgan fingerprint density at radius 1 is 1.10 bits per heavy atom. The van der Waals surface area contributed by atoms with Gasteiger partial charge >= 0.3 is 0 Å². The molecule has 1 aliphatic heterocycles. The molecule has 0 saturated carbocycles. The van der Waals surface area contributed by atoms with Crippen molar-refractivity contribution in [1.29, 1.82) is 0 Å². The third-order valence-electron chi connectivity index (χ3n) is 4.88. The summed E-state index contributed by atoms with van der Waals surface area (Å²) in [5.41, 5.74) is 7.38. The molecule has 1 fully saturated rings. The Labute approximate surface area is 171 Å². The van der Waals surface area contributed by atoms with E-state index in [-0.39, 0.29) is 17.7 Å². The van der Waals surface area contributed by atoms with Crippen LogP contribution in [0.4, 0.5) is 11.4 Å². The summed E-state index contributed by atoms with van der Waals surface area (Å²) in [5.74, 6) is -0.119. The maximum Gasteiger partial charge on any atom is 0.275 e. The molecule has 3 aromatic rings. The van der Waals surface area contributed by atoms with E-state index in [0.29, 0.717) is 48.1 Å². The third-order valence-corrected chi connectivity index (χ3v) is 5.72. The summed E-state index contributed by atoms with van der Waals surface area (Å²) in [6, 6.07) is 9.36. The standard InChI is InChI=1S/C20H20N6O2S/c21-17(27)13-6-10-26(11-7-13)16-5-2-1-4-14(16)24-19(28)15-12-29-20(25-15)18-22-8-3-9-23-18/h1-5,8-9,12-13H,6-7,10-11H2,(H2,21,27)(H,24,28). The van der Waals surface area contributed by atoms with Crippen molar-refractivity contribution in [2.75, 3.05) is 23.3 Å². The number of carbonyl (C=O) groups excluding carboxylic acids is 2. The largest absolute Gasteiger partial charge is 0.370 e. The molecule has 0 bridgehead atoms. The SMILES string of the molecule is NC(=O)C1CCN(c2ccccc2NC(=O)c2csc(-c3ncccn3)n2)CC1. The van der Waals surface area contributed by atoms with Crippen LogP contribution >= 0.6 is 11.3 Å². The van der Waals surface area contributed by atoms with E-state index in [1.807, 2.05) is 24.3 Å². The van der Waals surface area contributed by atoms with Crippen LogP contribution in [0.2, 0.25) is 0 Å². The molecule has 0 spiro atoms.